The number of rotatable bonds is 4. The van der Waals surface area contributed by atoms with Gasteiger partial charge in [-0.3, -0.25) is 9.69 Å². The molecule has 2 N–H and O–H groups in total. The summed E-state index contributed by atoms with van der Waals surface area (Å²) in [7, 11) is 1.76. The van der Waals surface area contributed by atoms with Crippen molar-refractivity contribution >= 4 is 17.8 Å². The number of fused-ring (bicyclic) bond motifs is 1. The molecular formula is C19H26F3N5O3. The molecule has 2 atom stereocenters. The van der Waals surface area contributed by atoms with Crippen LogP contribution in [0.15, 0.2) is 18.5 Å². The zero-order valence-electron chi connectivity index (χ0n) is 16.7. The van der Waals surface area contributed by atoms with E-state index in [1.807, 2.05) is 6.07 Å². The Morgan fingerprint density at radius 1 is 1.30 bits per heavy atom. The third-order valence-electron chi connectivity index (χ3n) is 5.92. The molecule has 1 amide bonds. The van der Waals surface area contributed by atoms with Crippen molar-refractivity contribution in [1.82, 2.24) is 20.2 Å². The molecule has 2 aliphatic heterocycles. The zero-order chi connectivity index (χ0) is 21.9. The van der Waals surface area contributed by atoms with E-state index in [4.69, 9.17) is 9.90 Å². The van der Waals surface area contributed by atoms with Gasteiger partial charge in [0, 0.05) is 45.6 Å². The Labute approximate surface area is 172 Å². The maximum Gasteiger partial charge on any atom is 0.490 e. The van der Waals surface area contributed by atoms with Crippen LogP contribution in [0.1, 0.15) is 25.7 Å². The second kappa shape index (κ2) is 8.75. The van der Waals surface area contributed by atoms with Crippen LogP contribution in [-0.4, -0.2) is 77.3 Å². The molecule has 2 saturated heterocycles. The molecule has 11 heteroatoms. The summed E-state index contributed by atoms with van der Waals surface area (Å²) in [6.45, 7) is 3.89. The van der Waals surface area contributed by atoms with Gasteiger partial charge in [0.2, 0.25) is 11.9 Å². The number of piperidine rings is 1. The molecule has 166 valence electrons. The maximum absolute atomic E-state index is 12.8. The van der Waals surface area contributed by atoms with Crippen LogP contribution in [0.2, 0.25) is 0 Å². The Morgan fingerprint density at radius 2 is 1.93 bits per heavy atom. The maximum atomic E-state index is 12.8. The summed E-state index contributed by atoms with van der Waals surface area (Å²) >= 11 is 0. The van der Waals surface area contributed by atoms with Gasteiger partial charge in [-0.1, -0.05) is 0 Å². The number of aromatic nitrogens is 2. The lowest BCUT2D eigenvalue weighted by atomic mass is 9.74. The van der Waals surface area contributed by atoms with E-state index >= 15 is 0 Å². The molecule has 8 nitrogen and oxygen atoms in total. The molecule has 0 radical (unpaired) electrons. The highest BCUT2D eigenvalue weighted by Crippen LogP contribution is 2.44. The van der Waals surface area contributed by atoms with Gasteiger partial charge >= 0.3 is 12.1 Å². The van der Waals surface area contributed by atoms with Crippen LogP contribution in [0, 0.1) is 11.3 Å². The van der Waals surface area contributed by atoms with Crippen molar-refractivity contribution in [1.29, 1.82) is 0 Å². The van der Waals surface area contributed by atoms with Crippen LogP contribution in [0.25, 0.3) is 0 Å². The van der Waals surface area contributed by atoms with E-state index in [1.54, 1.807) is 19.4 Å². The van der Waals surface area contributed by atoms with Crippen LogP contribution in [0.5, 0.6) is 0 Å². The number of likely N-dealkylation sites (tertiary alicyclic amines) is 1. The van der Waals surface area contributed by atoms with E-state index < -0.39 is 12.1 Å². The van der Waals surface area contributed by atoms with Gasteiger partial charge in [0.05, 0.1) is 11.5 Å². The number of nitrogens with one attached hydrogen (secondary N) is 1. The van der Waals surface area contributed by atoms with Crippen LogP contribution in [0.4, 0.5) is 19.1 Å². The summed E-state index contributed by atoms with van der Waals surface area (Å²) in [6.07, 6.45) is 3.16. The molecule has 1 aliphatic carbocycles. The number of anilines is 1. The summed E-state index contributed by atoms with van der Waals surface area (Å²) in [5.74, 6) is -0.967. The minimum Gasteiger partial charge on any atom is -0.475 e. The summed E-state index contributed by atoms with van der Waals surface area (Å²) in [5, 5.41) is 10.1. The average molecular weight is 429 g/mol. The van der Waals surface area contributed by atoms with Crippen LogP contribution < -0.4 is 10.2 Å². The van der Waals surface area contributed by atoms with Gasteiger partial charge in [-0.05, 0) is 37.7 Å². The lowest BCUT2D eigenvalue weighted by Crippen LogP contribution is -2.58. The van der Waals surface area contributed by atoms with Crippen molar-refractivity contribution in [3.05, 3.63) is 18.5 Å². The van der Waals surface area contributed by atoms with Gasteiger partial charge in [-0.2, -0.15) is 13.2 Å². The molecule has 0 bridgehead atoms. The third kappa shape index (κ3) is 4.82. The number of alkyl halides is 3. The molecule has 1 saturated carbocycles. The number of aliphatic carboxylic acids is 1. The monoisotopic (exact) mass is 429 g/mol. The van der Waals surface area contributed by atoms with Crippen molar-refractivity contribution in [3.8, 4) is 0 Å². The summed E-state index contributed by atoms with van der Waals surface area (Å²) in [5.41, 5.74) is -0.318. The number of carboxylic acid groups (broad SMARTS) is 1. The number of hydrogen-bond donors (Lipinski definition) is 2. The number of halogens is 3. The molecule has 30 heavy (non-hydrogen) atoms. The molecule has 1 aromatic heterocycles. The molecule has 4 rings (SSSR count). The fourth-order valence-corrected chi connectivity index (χ4v) is 4.42. The summed E-state index contributed by atoms with van der Waals surface area (Å²) < 4.78 is 31.7. The standard InChI is InChI=1S/C17H25N5O.C2HF3O2/c1-18-15(23)17-6-2-9-22(16-19-7-3-8-20-16)14(17)11-21(12-17)10-13-4-5-13;3-2(4,5)1(6)7/h3,7-8,13-14H,2,4-6,9-12H2,1H3,(H,18,23);(H,6,7)/t14-,17-;/m1./s1. The quantitative estimate of drug-likeness (QED) is 0.749. The highest BCUT2D eigenvalue weighted by molar-refractivity contribution is 5.85. The first-order valence-corrected chi connectivity index (χ1v) is 9.95. The number of carbonyl (C=O) groups is 2. The van der Waals surface area contributed by atoms with E-state index in [0.717, 1.165) is 50.9 Å². The zero-order valence-corrected chi connectivity index (χ0v) is 16.7. The minimum absolute atomic E-state index is 0.178. The van der Waals surface area contributed by atoms with Gasteiger partial charge in [0.1, 0.15) is 0 Å². The third-order valence-corrected chi connectivity index (χ3v) is 5.92. The van der Waals surface area contributed by atoms with E-state index in [1.165, 1.54) is 12.8 Å². The minimum atomic E-state index is -5.08. The van der Waals surface area contributed by atoms with E-state index in [-0.39, 0.29) is 17.4 Å². The van der Waals surface area contributed by atoms with Crippen LogP contribution in [0.3, 0.4) is 0 Å². The first-order chi connectivity index (χ1) is 14.2. The van der Waals surface area contributed by atoms with Crippen molar-refractivity contribution in [2.75, 3.05) is 38.1 Å². The molecule has 3 heterocycles. The number of carboxylic acids is 1. The Balaban J connectivity index is 0.000000318. The Hall–Kier alpha value is -2.43. The Bertz CT molecular complexity index is 760. The average Bonchev–Trinajstić information content (AvgIpc) is 3.44. The molecule has 1 aromatic rings. The predicted octanol–water partition coefficient (Wildman–Crippen LogP) is 1.54. The van der Waals surface area contributed by atoms with Crippen LogP contribution in [-0.2, 0) is 9.59 Å². The van der Waals surface area contributed by atoms with Gasteiger partial charge in [-0.15, -0.1) is 0 Å². The lowest BCUT2D eigenvalue weighted by Gasteiger charge is -2.44. The highest BCUT2D eigenvalue weighted by Gasteiger charge is 2.56. The summed E-state index contributed by atoms with van der Waals surface area (Å²) in [6, 6.07) is 2.02. The molecule has 0 spiro atoms. The van der Waals surface area contributed by atoms with Gasteiger partial charge in [0.15, 0.2) is 0 Å². The van der Waals surface area contributed by atoms with Crippen LogP contribution >= 0.6 is 0 Å². The van der Waals surface area contributed by atoms with Gasteiger partial charge < -0.3 is 15.3 Å². The number of hydrogen-bond acceptors (Lipinski definition) is 6. The SMILES string of the molecule is CNC(=O)[C@@]12CCCN(c3ncccn3)[C@@H]1CN(CC1CC1)C2.O=C(O)C(F)(F)F. The number of amides is 1. The Morgan fingerprint density at radius 3 is 2.47 bits per heavy atom. The van der Waals surface area contributed by atoms with E-state index in [9.17, 15) is 18.0 Å². The van der Waals surface area contributed by atoms with E-state index in [0.29, 0.717) is 0 Å². The lowest BCUT2D eigenvalue weighted by molar-refractivity contribution is -0.192. The number of carbonyl (C=O) groups excluding carboxylic acids is 1. The first-order valence-electron chi connectivity index (χ1n) is 9.95. The molecule has 0 unspecified atom stereocenters. The topological polar surface area (TPSA) is 98.7 Å². The molecule has 3 fully saturated rings. The molecule has 0 aromatic carbocycles. The molecular weight excluding hydrogens is 403 g/mol. The van der Waals surface area contributed by atoms with Crippen molar-refractivity contribution in [3.63, 3.8) is 0 Å². The van der Waals surface area contributed by atoms with Gasteiger partial charge in [0.25, 0.3) is 0 Å². The van der Waals surface area contributed by atoms with Gasteiger partial charge in [-0.25, -0.2) is 14.8 Å². The molecule has 3 aliphatic rings. The summed E-state index contributed by atoms with van der Waals surface area (Å²) in [4.78, 5) is 35.3. The number of nitrogens with zero attached hydrogens (tertiary/aromatic N) is 4. The smallest absolute Gasteiger partial charge is 0.475 e. The highest BCUT2D eigenvalue weighted by atomic mass is 19.4. The predicted molar refractivity (Wildman–Crippen MR) is 102 cm³/mol. The largest absolute Gasteiger partial charge is 0.490 e. The fourth-order valence-electron chi connectivity index (χ4n) is 4.42. The second-order valence-electron chi connectivity index (χ2n) is 8.04. The second-order valence-corrected chi connectivity index (χ2v) is 8.04. The fraction of sp³-hybridized carbons (Fsp3) is 0.684. The van der Waals surface area contributed by atoms with Crippen molar-refractivity contribution in [2.45, 2.75) is 37.9 Å². The first kappa shape index (κ1) is 22.3. The van der Waals surface area contributed by atoms with E-state index in [2.05, 4.69) is 25.1 Å². The van der Waals surface area contributed by atoms with Crippen molar-refractivity contribution < 1.29 is 27.9 Å². The normalized spacial score (nSPS) is 26.4. The van der Waals surface area contributed by atoms with Crippen molar-refractivity contribution in [2.24, 2.45) is 11.3 Å². The Kier molecular flexibility index (Phi) is 6.49.